The van der Waals surface area contributed by atoms with Crippen molar-refractivity contribution >= 4 is 17.0 Å². The average Bonchev–Trinajstić information content (AvgIpc) is 2.92. The summed E-state index contributed by atoms with van der Waals surface area (Å²) in [4.78, 5) is 16.5. The van der Waals surface area contributed by atoms with Gasteiger partial charge in [0, 0.05) is 13.0 Å². The Kier molecular flexibility index (Phi) is 4.20. The van der Waals surface area contributed by atoms with E-state index in [1.165, 1.54) is 0 Å². The maximum atomic E-state index is 12.0. The number of hydrogen-bond donors (Lipinski definition) is 2. The van der Waals surface area contributed by atoms with Gasteiger partial charge in [0.2, 0.25) is 5.91 Å². The van der Waals surface area contributed by atoms with Gasteiger partial charge in [-0.1, -0.05) is 18.6 Å². The van der Waals surface area contributed by atoms with Gasteiger partial charge < -0.3 is 15.1 Å². The normalized spacial score (nSPS) is 18.8. The molecular formula is C16H21N3O2. The molecule has 21 heavy (non-hydrogen) atoms. The van der Waals surface area contributed by atoms with Gasteiger partial charge in [0.1, 0.15) is 5.52 Å². The van der Waals surface area contributed by atoms with Gasteiger partial charge in [0.25, 0.3) is 0 Å². The van der Waals surface area contributed by atoms with Crippen LogP contribution in [0.3, 0.4) is 0 Å². The first kappa shape index (κ1) is 14.1. The minimum Gasteiger partial charge on any atom is -0.441 e. The zero-order valence-electron chi connectivity index (χ0n) is 12.3. The average molecular weight is 287 g/mol. The predicted octanol–water partition coefficient (Wildman–Crippen LogP) is 1.94. The highest BCUT2D eigenvalue weighted by atomic mass is 16.3. The van der Waals surface area contributed by atoms with Crippen LogP contribution in [0.5, 0.6) is 0 Å². The van der Waals surface area contributed by atoms with Gasteiger partial charge in [-0.25, -0.2) is 4.98 Å². The number of benzene rings is 1. The lowest BCUT2D eigenvalue weighted by Gasteiger charge is -2.22. The summed E-state index contributed by atoms with van der Waals surface area (Å²) >= 11 is 0. The lowest BCUT2D eigenvalue weighted by molar-refractivity contribution is -0.123. The Bertz CT molecular complexity index is 629. The summed E-state index contributed by atoms with van der Waals surface area (Å²) < 4.78 is 5.70. The first-order chi connectivity index (χ1) is 10.2. The van der Waals surface area contributed by atoms with Crippen molar-refractivity contribution in [3.63, 3.8) is 0 Å². The summed E-state index contributed by atoms with van der Waals surface area (Å²) in [6, 6.07) is 5.86. The number of fused-ring (bicyclic) bond motifs is 1. The Morgan fingerprint density at radius 3 is 3.14 bits per heavy atom. The molecule has 5 nitrogen and oxygen atoms in total. The molecule has 5 heteroatoms. The number of rotatable bonds is 4. The number of aryl methyl sites for hydroxylation is 1. The molecule has 0 radical (unpaired) electrons. The number of para-hydroxylation sites is 1. The van der Waals surface area contributed by atoms with Crippen LogP contribution in [-0.2, 0) is 11.2 Å². The lowest BCUT2D eigenvalue weighted by Crippen LogP contribution is -2.47. The molecule has 0 bridgehead atoms. The molecule has 2 aromatic rings. The van der Waals surface area contributed by atoms with Crippen molar-refractivity contribution in [1.82, 2.24) is 15.6 Å². The molecule has 2 heterocycles. The second kappa shape index (κ2) is 6.26. The zero-order valence-corrected chi connectivity index (χ0v) is 12.3. The van der Waals surface area contributed by atoms with Crippen LogP contribution < -0.4 is 10.6 Å². The Balaban J connectivity index is 1.54. The molecule has 1 aliphatic heterocycles. The Morgan fingerprint density at radius 2 is 2.38 bits per heavy atom. The molecule has 0 aliphatic carbocycles. The third-order valence-corrected chi connectivity index (χ3v) is 3.93. The van der Waals surface area contributed by atoms with E-state index in [-0.39, 0.29) is 11.9 Å². The third-order valence-electron chi connectivity index (χ3n) is 3.93. The highest BCUT2D eigenvalue weighted by Gasteiger charge is 2.19. The summed E-state index contributed by atoms with van der Waals surface area (Å²) in [5.41, 5.74) is 2.83. The molecule has 1 atom stereocenters. The van der Waals surface area contributed by atoms with Gasteiger partial charge in [-0.3, -0.25) is 4.79 Å². The largest absolute Gasteiger partial charge is 0.441 e. The SMILES string of the molecule is Cc1cccc2oc(CCNC(=O)C3CCCCN3)nc12. The van der Waals surface area contributed by atoms with Gasteiger partial charge in [-0.05, 0) is 37.9 Å². The van der Waals surface area contributed by atoms with Crippen LogP contribution in [0.25, 0.3) is 11.1 Å². The topological polar surface area (TPSA) is 67.2 Å². The number of piperidine rings is 1. The van der Waals surface area contributed by atoms with Crippen molar-refractivity contribution in [3.8, 4) is 0 Å². The number of aromatic nitrogens is 1. The minimum atomic E-state index is -0.0374. The minimum absolute atomic E-state index is 0.0374. The van der Waals surface area contributed by atoms with Crippen LogP contribution in [0.2, 0.25) is 0 Å². The summed E-state index contributed by atoms with van der Waals surface area (Å²) in [7, 11) is 0. The van der Waals surface area contributed by atoms with Gasteiger partial charge >= 0.3 is 0 Å². The van der Waals surface area contributed by atoms with E-state index >= 15 is 0 Å². The van der Waals surface area contributed by atoms with Crippen LogP contribution in [0.4, 0.5) is 0 Å². The molecule has 1 unspecified atom stereocenters. The van der Waals surface area contributed by atoms with Crippen LogP contribution in [-0.4, -0.2) is 30.0 Å². The van der Waals surface area contributed by atoms with Crippen molar-refractivity contribution in [3.05, 3.63) is 29.7 Å². The fraction of sp³-hybridized carbons (Fsp3) is 0.500. The summed E-state index contributed by atoms with van der Waals surface area (Å²) in [5, 5.41) is 6.20. The molecule has 1 fully saturated rings. The second-order valence-electron chi connectivity index (χ2n) is 5.57. The van der Waals surface area contributed by atoms with E-state index < -0.39 is 0 Å². The number of amides is 1. The van der Waals surface area contributed by atoms with Crippen molar-refractivity contribution in [2.24, 2.45) is 0 Å². The molecule has 1 amide bonds. The monoisotopic (exact) mass is 287 g/mol. The van der Waals surface area contributed by atoms with Crippen LogP contribution in [0, 0.1) is 6.92 Å². The van der Waals surface area contributed by atoms with Gasteiger partial charge in [-0.2, -0.15) is 0 Å². The van der Waals surface area contributed by atoms with Gasteiger partial charge in [0.05, 0.1) is 6.04 Å². The van der Waals surface area contributed by atoms with E-state index in [0.29, 0.717) is 18.9 Å². The molecule has 112 valence electrons. The summed E-state index contributed by atoms with van der Waals surface area (Å²) in [6.45, 7) is 3.51. The number of nitrogens with zero attached hydrogens (tertiary/aromatic N) is 1. The van der Waals surface area contributed by atoms with Crippen LogP contribution >= 0.6 is 0 Å². The van der Waals surface area contributed by atoms with Gasteiger partial charge in [0.15, 0.2) is 11.5 Å². The Labute approximate surface area is 124 Å². The standard InChI is InChI=1S/C16H21N3O2/c1-11-5-4-7-13-15(11)19-14(21-13)8-10-18-16(20)12-6-2-3-9-17-12/h4-5,7,12,17H,2-3,6,8-10H2,1H3,(H,18,20). The predicted molar refractivity (Wildman–Crippen MR) is 81.1 cm³/mol. The molecular weight excluding hydrogens is 266 g/mol. The first-order valence-corrected chi connectivity index (χ1v) is 7.60. The molecule has 0 spiro atoms. The van der Waals surface area contributed by atoms with Crippen LogP contribution in [0.15, 0.2) is 22.6 Å². The van der Waals surface area contributed by atoms with Gasteiger partial charge in [-0.15, -0.1) is 0 Å². The number of oxazole rings is 1. The third kappa shape index (κ3) is 3.24. The quantitative estimate of drug-likeness (QED) is 0.902. The molecule has 1 saturated heterocycles. The number of hydrogen-bond acceptors (Lipinski definition) is 4. The second-order valence-corrected chi connectivity index (χ2v) is 5.57. The van der Waals surface area contributed by atoms with E-state index in [2.05, 4.69) is 15.6 Å². The van der Waals surface area contributed by atoms with Crippen LogP contribution in [0.1, 0.15) is 30.7 Å². The molecule has 1 aromatic carbocycles. The van der Waals surface area contributed by atoms with E-state index in [1.54, 1.807) is 0 Å². The van der Waals surface area contributed by atoms with E-state index in [4.69, 9.17) is 4.42 Å². The fourth-order valence-corrected chi connectivity index (χ4v) is 2.73. The lowest BCUT2D eigenvalue weighted by atomic mass is 10.0. The summed E-state index contributed by atoms with van der Waals surface area (Å²) in [6.07, 6.45) is 3.82. The van der Waals surface area contributed by atoms with Crippen molar-refractivity contribution in [2.75, 3.05) is 13.1 Å². The summed E-state index contributed by atoms with van der Waals surface area (Å²) in [5.74, 6) is 0.762. The molecule has 1 aromatic heterocycles. The van der Waals surface area contributed by atoms with E-state index in [0.717, 1.165) is 42.5 Å². The Hall–Kier alpha value is -1.88. The number of carbonyl (C=O) groups is 1. The zero-order chi connectivity index (χ0) is 14.7. The molecule has 2 N–H and O–H groups in total. The Morgan fingerprint density at radius 1 is 1.48 bits per heavy atom. The molecule has 0 saturated carbocycles. The van der Waals surface area contributed by atoms with E-state index in [9.17, 15) is 4.79 Å². The fourth-order valence-electron chi connectivity index (χ4n) is 2.73. The molecule has 3 rings (SSSR count). The first-order valence-electron chi connectivity index (χ1n) is 7.60. The van der Waals surface area contributed by atoms with E-state index in [1.807, 2.05) is 25.1 Å². The number of nitrogens with one attached hydrogen (secondary N) is 2. The maximum absolute atomic E-state index is 12.0. The highest BCUT2D eigenvalue weighted by Crippen LogP contribution is 2.18. The smallest absolute Gasteiger partial charge is 0.237 e. The van der Waals surface area contributed by atoms with Crippen molar-refractivity contribution < 1.29 is 9.21 Å². The number of carbonyl (C=O) groups excluding carboxylic acids is 1. The molecule has 1 aliphatic rings. The van der Waals surface area contributed by atoms with Crippen molar-refractivity contribution in [2.45, 2.75) is 38.6 Å². The van der Waals surface area contributed by atoms with Crippen molar-refractivity contribution in [1.29, 1.82) is 0 Å². The highest BCUT2D eigenvalue weighted by molar-refractivity contribution is 5.81. The maximum Gasteiger partial charge on any atom is 0.237 e.